The van der Waals surface area contributed by atoms with Crippen LogP contribution in [-0.4, -0.2) is 40.1 Å². The molecule has 2 N–H and O–H groups in total. The van der Waals surface area contributed by atoms with Crippen LogP contribution >= 0.6 is 0 Å². The molecule has 27 heavy (non-hydrogen) atoms. The molecule has 5 aliphatic rings. The SMILES string of the molecule is CC(C)[C@@H]1C[C@@]23CCCN2C(=O)[C@]1(/C=C1/Nc2ccccc2C1=O)NC3=O. The summed E-state index contributed by atoms with van der Waals surface area (Å²) in [7, 11) is 0. The maximum Gasteiger partial charge on any atom is 0.253 e. The zero-order chi connectivity index (χ0) is 19.0. The van der Waals surface area contributed by atoms with E-state index in [2.05, 4.69) is 24.5 Å². The number of carbonyl (C=O) groups is 3. The Bertz CT molecular complexity index is 921. The molecule has 0 aliphatic carbocycles. The molecule has 0 radical (unpaired) electrons. The molecule has 1 aromatic rings. The molecule has 6 heteroatoms. The number of amides is 2. The molecule has 2 amide bonds. The number of Topliss-reactive ketones (excluding diaryl/α,β-unsaturated/α-hetero) is 1. The maximum atomic E-state index is 13.5. The topological polar surface area (TPSA) is 78.5 Å². The van der Waals surface area contributed by atoms with Crippen LogP contribution in [-0.2, 0) is 9.59 Å². The van der Waals surface area contributed by atoms with Gasteiger partial charge in [0, 0.05) is 17.8 Å². The zero-order valence-corrected chi connectivity index (χ0v) is 15.5. The largest absolute Gasteiger partial charge is 0.352 e. The number of para-hydroxylation sites is 1. The number of carbonyl (C=O) groups excluding carboxylic acids is 3. The van der Waals surface area contributed by atoms with Crippen molar-refractivity contribution < 1.29 is 14.4 Å². The van der Waals surface area contributed by atoms with E-state index in [9.17, 15) is 14.4 Å². The van der Waals surface area contributed by atoms with Crippen LogP contribution in [0.2, 0.25) is 0 Å². The Morgan fingerprint density at radius 3 is 2.74 bits per heavy atom. The smallest absolute Gasteiger partial charge is 0.253 e. The lowest BCUT2D eigenvalue weighted by Gasteiger charge is -2.59. The quantitative estimate of drug-likeness (QED) is 0.787. The molecule has 1 aromatic carbocycles. The second-order valence-electron chi connectivity index (χ2n) is 8.53. The van der Waals surface area contributed by atoms with Crippen LogP contribution in [0, 0.1) is 11.8 Å². The van der Waals surface area contributed by atoms with Crippen molar-refractivity contribution in [3.8, 4) is 0 Å². The minimum atomic E-state index is -1.16. The molecule has 0 saturated carbocycles. The molecule has 6 rings (SSSR count). The minimum absolute atomic E-state index is 0.0390. The lowest BCUT2D eigenvalue weighted by atomic mass is 9.61. The van der Waals surface area contributed by atoms with E-state index in [1.807, 2.05) is 18.2 Å². The van der Waals surface area contributed by atoms with E-state index in [1.165, 1.54) is 0 Å². The van der Waals surface area contributed by atoms with Gasteiger partial charge in [0.05, 0.1) is 5.70 Å². The fraction of sp³-hybridized carbons (Fsp3) is 0.476. The average Bonchev–Trinajstić information content (AvgIpc) is 3.20. The predicted octanol–water partition coefficient (Wildman–Crippen LogP) is 2.08. The van der Waals surface area contributed by atoms with Gasteiger partial charge in [-0.3, -0.25) is 14.4 Å². The third kappa shape index (κ3) is 1.93. The van der Waals surface area contributed by atoms with Crippen LogP contribution in [0.15, 0.2) is 36.0 Å². The minimum Gasteiger partial charge on any atom is -0.352 e. The van der Waals surface area contributed by atoms with E-state index in [1.54, 1.807) is 17.0 Å². The Hall–Kier alpha value is -2.63. The highest BCUT2D eigenvalue weighted by molar-refractivity contribution is 6.19. The number of nitrogens with one attached hydrogen (secondary N) is 2. The van der Waals surface area contributed by atoms with E-state index in [-0.39, 0.29) is 29.4 Å². The third-order valence-corrected chi connectivity index (χ3v) is 6.84. The van der Waals surface area contributed by atoms with Gasteiger partial charge in [-0.25, -0.2) is 0 Å². The number of piperidine rings is 2. The summed E-state index contributed by atoms with van der Waals surface area (Å²) in [5.41, 5.74) is -0.127. The van der Waals surface area contributed by atoms with E-state index in [4.69, 9.17) is 0 Å². The fourth-order valence-electron chi connectivity index (χ4n) is 5.51. The number of ketones is 1. The van der Waals surface area contributed by atoms with Gasteiger partial charge in [0.25, 0.3) is 5.91 Å². The van der Waals surface area contributed by atoms with E-state index in [0.29, 0.717) is 24.2 Å². The van der Waals surface area contributed by atoms with Crippen LogP contribution in [0.1, 0.15) is 43.5 Å². The summed E-state index contributed by atoms with van der Waals surface area (Å²) in [6, 6.07) is 7.31. The Labute approximate surface area is 158 Å². The van der Waals surface area contributed by atoms with Crippen molar-refractivity contribution in [2.45, 2.75) is 44.2 Å². The monoisotopic (exact) mass is 365 g/mol. The van der Waals surface area contributed by atoms with E-state index >= 15 is 0 Å². The van der Waals surface area contributed by atoms with Crippen molar-refractivity contribution in [3.05, 3.63) is 41.6 Å². The normalized spacial score (nSPS) is 35.5. The number of hydrogen-bond acceptors (Lipinski definition) is 4. The summed E-state index contributed by atoms with van der Waals surface area (Å²) < 4.78 is 0. The van der Waals surface area contributed by atoms with Gasteiger partial charge in [-0.15, -0.1) is 0 Å². The fourth-order valence-corrected chi connectivity index (χ4v) is 5.51. The number of fused-ring (bicyclic) bond motifs is 3. The molecule has 5 heterocycles. The highest BCUT2D eigenvalue weighted by Crippen LogP contribution is 2.52. The number of hydrogen-bond donors (Lipinski definition) is 2. The van der Waals surface area contributed by atoms with E-state index < -0.39 is 11.1 Å². The van der Waals surface area contributed by atoms with Gasteiger partial charge in [0.2, 0.25) is 11.7 Å². The van der Waals surface area contributed by atoms with Crippen molar-refractivity contribution in [2.75, 3.05) is 11.9 Å². The Morgan fingerprint density at radius 1 is 1.22 bits per heavy atom. The average molecular weight is 365 g/mol. The van der Waals surface area contributed by atoms with Crippen molar-refractivity contribution in [2.24, 2.45) is 11.8 Å². The van der Waals surface area contributed by atoms with Crippen LogP contribution in [0.25, 0.3) is 0 Å². The Kier molecular flexibility index (Phi) is 3.19. The third-order valence-electron chi connectivity index (χ3n) is 6.84. The summed E-state index contributed by atoms with van der Waals surface area (Å²) in [5.74, 6) is -0.111. The van der Waals surface area contributed by atoms with Crippen molar-refractivity contribution in [3.63, 3.8) is 0 Å². The van der Waals surface area contributed by atoms with E-state index in [0.717, 1.165) is 18.5 Å². The second-order valence-corrected chi connectivity index (χ2v) is 8.53. The summed E-state index contributed by atoms with van der Waals surface area (Å²) in [5, 5.41) is 6.20. The van der Waals surface area contributed by atoms with Gasteiger partial charge < -0.3 is 15.5 Å². The van der Waals surface area contributed by atoms with Crippen molar-refractivity contribution in [1.82, 2.24) is 10.2 Å². The van der Waals surface area contributed by atoms with Crippen molar-refractivity contribution in [1.29, 1.82) is 0 Å². The summed E-state index contributed by atoms with van der Waals surface area (Å²) in [6.07, 6.45) is 3.93. The Morgan fingerprint density at radius 2 is 2.00 bits per heavy atom. The number of rotatable bonds is 2. The lowest BCUT2D eigenvalue weighted by Crippen LogP contribution is -2.81. The lowest BCUT2D eigenvalue weighted by molar-refractivity contribution is -0.172. The molecule has 3 atom stereocenters. The molecule has 6 nitrogen and oxygen atoms in total. The summed E-state index contributed by atoms with van der Waals surface area (Å²) in [6.45, 7) is 4.78. The zero-order valence-electron chi connectivity index (χ0n) is 15.5. The summed E-state index contributed by atoms with van der Waals surface area (Å²) in [4.78, 5) is 41.2. The second kappa shape index (κ2) is 5.21. The van der Waals surface area contributed by atoms with Gasteiger partial charge in [-0.1, -0.05) is 26.0 Å². The number of benzene rings is 1. The highest BCUT2D eigenvalue weighted by atomic mass is 16.2. The molecule has 0 aromatic heterocycles. The molecular weight excluding hydrogens is 342 g/mol. The first-order chi connectivity index (χ1) is 12.9. The molecular formula is C21H23N3O3. The summed E-state index contributed by atoms with van der Waals surface area (Å²) >= 11 is 0. The molecule has 140 valence electrons. The Balaban J connectivity index is 1.64. The van der Waals surface area contributed by atoms with Crippen LogP contribution in [0.3, 0.4) is 0 Å². The molecule has 1 spiro atoms. The van der Waals surface area contributed by atoms with Gasteiger partial charge in [-0.2, -0.15) is 0 Å². The molecule has 4 fully saturated rings. The predicted molar refractivity (Wildman–Crippen MR) is 100.0 cm³/mol. The van der Waals surface area contributed by atoms with Gasteiger partial charge in [0.1, 0.15) is 11.1 Å². The van der Waals surface area contributed by atoms with Gasteiger partial charge in [-0.05, 0) is 49.3 Å². The number of piperazine rings is 1. The van der Waals surface area contributed by atoms with Crippen molar-refractivity contribution >= 4 is 23.3 Å². The van der Waals surface area contributed by atoms with Crippen LogP contribution in [0.4, 0.5) is 5.69 Å². The van der Waals surface area contributed by atoms with Crippen LogP contribution < -0.4 is 10.6 Å². The number of nitrogens with zero attached hydrogens (tertiary/aromatic N) is 1. The highest BCUT2D eigenvalue weighted by Gasteiger charge is 2.68. The molecule has 0 unspecified atom stereocenters. The van der Waals surface area contributed by atoms with Gasteiger partial charge in [0.15, 0.2) is 0 Å². The molecule has 2 bridgehead atoms. The maximum absolute atomic E-state index is 13.5. The van der Waals surface area contributed by atoms with Gasteiger partial charge >= 0.3 is 0 Å². The number of anilines is 1. The molecule has 4 saturated heterocycles. The standard InChI is InChI=1S/C21H23N3O3/c1-12(2)14-10-20-8-5-9-24(20)19(27)21(14,23-18(20)26)11-16-17(25)13-6-3-4-7-15(13)22-16/h3-4,6-7,11-12,14,22H,5,8-10H2,1-2H3,(H,23,26)/b16-11+/t14-,20+,21+/m0/s1. The first kappa shape index (κ1) is 16.5. The first-order valence-corrected chi connectivity index (χ1v) is 9.67. The van der Waals surface area contributed by atoms with Crippen LogP contribution in [0.5, 0.6) is 0 Å². The number of allylic oxidation sites excluding steroid dienone is 1. The first-order valence-electron chi connectivity index (χ1n) is 9.67. The molecule has 5 aliphatic heterocycles.